The van der Waals surface area contributed by atoms with Gasteiger partial charge in [0.25, 0.3) is 0 Å². The maximum Gasteiger partial charge on any atom is 0.239 e. The largest absolute Gasteiger partial charge is 0.325 e. The average Bonchev–Trinajstić information content (AvgIpc) is 2.53. The van der Waals surface area contributed by atoms with Crippen LogP contribution in [0.4, 0.5) is 20.2 Å². The molecule has 0 radical (unpaired) electrons. The van der Waals surface area contributed by atoms with Crippen LogP contribution in [0.15, 0.2) is 36.4 Å². The van der Waals surface area contributed by atoms with Crippen molar-refractivity contribution in [2.24, 2.45) is 5.41 Å². The van der Waals surface area contributed by atoms with E-state index in [4.69, 9.17) is 0 Å². The Morgan fingerprint density at radius 3 is 2.12 bits per heavy atom. The summed E-state index contributed by atoms with van der Waals surface area (Å²) in [7, 11) is 0. The lowest BCUT2D eigenvalue weighted by Gasteiger charge is -2.23. The minimum absolute atomic E-state index is 0.182. The predicted octanol–water partition coefficient (Wildman–Crippen LogP) is 4.19. The van der Waals surface area contributed by atoms with Crippen molar-refractivity contribution < 1.29 is 18.4 Å². The molecule has 2 amide bonds. The molecule has 0 aliphatic heterocycles. The molecule has 2 rings (SSSR count). The number of amides is 2. The second kappa shape index (κ2) is 7.01. The van der Waals surface area contributed by atoms with Crippen LogP contribution in [0.3, 0.4) is 0 Å². The molecule has 0 atom stereocenters. The fourth-order valence-electron chi connectivity index (χ4n) is 2.08. The van der Waals surface area contributed by atoms with Crippen LogP contribution < -0.4 is 10.6 Å². The van der Waals surface area contributed by atoms with Crippen LogP contribution in [-0.2, 0) is 9.59 Å². The third-order valence-electron chi connectivity index (χ3n) is 4.08. The standard InChI is InChI=1S/C19H20F2N2O2/c1-11-5-7-14(9-12(11)2)22-17(24)19(3,4)18(25)23-16-8-6-13(20)10-15(16)21/h5-10H,1-4H3,(H,22,24)(H,23,25). The number of rotatable bonds is 4. The number of nitrogens with one attached hydrogen (secondary N) is 2. The van der Waals surface area contributed by atoms with Crippen molar-refractivity contribution in [2.75, 3.05) is 10.6 Å². The Morgan fingerprint density at radius 1 is 0.880 bits per heavy atom. The van der Waals surface area contributed by atoms with E-state index in [9.17, 15) is 18.4 Å². The molecule has 0 fully saturated rings. The molecule has 2 aromatic carbocycles. The van der Waals surface area contributed by atoms with E-state index in [-0.39, 0.29) is 5.69 Å². The van der Waals surface area contributed by atoms with Gasteiger partial charge in [-0.05, 0) is 63.1 Å². The predicted molar refractivity (Wildman–Crippen MR) is 93.3 cm³/mol. The van der Waals surface area contributed by atoms with Gasteiger partial charge < -0.3 is 10.6 Å². The molecule has 0 heterocycles. The molecule has 2 N–H and O–H groups in total. The van der Waals surface area contributed by atoms with Crippen LogP contribution in [0.2, 0.25) is 0 Å². The van der Waals surface area contributed by atoms with E-state index in [0.29, 0.717) is 11.8 Å². The number of aryl methyl sites for hydroxylation is 2. The quantitative estimate of drug-likeness (QED) is 0.816. The monoisotopic (exact) mass is 346 g/mol. The fourth-order valence-corrected chi connectivity index (χ4v) is 2.08. The highest BCUT2D eigenvalue weighted by Crippen LogP contribution is 2.24. The summed E-state index contributed by atoms with van der Waals surface area (Å²) >= 11 is 0. The summed E-state index contributed by atoms with van der Waals surface area (Å²) in [5, 5.41) is 5.01. The SMILES string of the molecule is Cc1ccc(NC(=O)C(C)(C)C(=O)Nc2ccc(F)cc2F)cc1C. The summed E-state index contributed by atoms with van der Waals surface area (Å²) in [4.78, 5) is 24.9. The summed E-state index contributed by atoms with van der Waals surface area (Å²) in [6, 6.07) is 8.22. The van der Waals surface area contributed by atoms with Gasteiger partial charge in [0.1, 0.15) is 17.0 Å². The van der Waals surface area contributed by atoms with Gasteiger partial charge in [-0.2, -0.15) is 0 Å². The van der Waals surface area contributed by atoms with Crippen molar-refractivity contribution in [3.8, 4) is 0 Å². The van der Waals surface area contributed by atoms with Crippen molar-refractivity contribution in [1.29, 1.82) is 0 Å². The molecule has 0 spiro atoms. The Hall–Kier alpha value is -2.76. The Kier molecular flexibility index (Phi) is 5.21. The van der Waals surface area contributed by atoms with Crippen molar-refractivity contribution in [2.45, 2.75) is 27.7 Å². The van der Waals surface area contributed by atoms with Crippen LogP contribution in [0.1, 0.15) is 25.0 Å². The van der Waals surface area contributed by atoms with Gasteiger partial charge in [-0.25, -0.2) is 8.78 Å². The summed E-state index contributed by atoms with van der Waals surface area (Å²) in [5.74, 6) is -2.88. The maximum absolute atomic E-state index is 13.7. The van der Waals surface area contributed by atoms with Gasteiger partial charge in [0.15, 0.2) is 0 Å². The second-order valence-electron chi connectivity index (χ2n) is 6.46. The molecule has 4 nitrogen and oxygen atoms in total. The lowest BCUT2D eigenvalue weighted by molar-refractivity contribution is -0.135. The second-order valence-corrected chi connectivity index (χ2v) is 6.46. The molecule has 0 aromatic heterocycles. The van der Waals surface area contributed by atoms with E-state index in [1.807, 2.05) is 19.9 Å². The van der Waals surface area contributed by atoms with Crippen molar-refractivity contribution in [3.05, 3.63) is 59.2 Å². The topological polar surface area (TPSA) is 58.2 Å². The third-order valence-corrected chi connectivity index (χ3v) is 4.08. The zero-order valence-electron chi connectivity index (χ0n) is 14.5. The Bertz CT molecular complexity index is 832. The third kappa shape index (κ3) is 4.21. The zero-order chi connectivity index (χ0) is 18.8. The normalized spacial score (nSPS) is 11.1. The highest BCUT2D eigenvalue weighted by Gasteiger charge is 2.36. The summed E-state index contributed by atoms with van der Waals surface area (Å²) in [6.07, 6.45) is 0. The van der Waals surface area contributed by atoms with Gasteiger partial charge in [-0.15, -0.1) is 0 Å². The van der Waals surface area contributed by atoms with Crippen LogP contribution in [-0.4, -0.2) is 11.8 Å². The Morgan fingerprint density at radius 2 is 1.52 bits per heavy atom. The molecule has 132 valence electrons. The van der Waals surface area contributed by atoms with E-state index in [1.54, 1.807) is 12.1 Å². The molecule has 25 heavy (non-hydrogen) atoms. The lowest BCUT2D eigenvalue weighted by atomic mass is 9.90. The first-order valence-electron chi connectivity index (χ1n) is 7.76. The first kappa shape index (κ1) is 18.6. The fraction of sp³-hybridized carbons (Fsp3) is 0.263. The number of anilines is 2. The molecule has 0 bridgehead atoms. The van der Waals surface area contributed by atoms with Gasteiger partial charge >= 0.3 is 0 Å². The number of carbonyl (C=O) groups excluding carboxylic acids is 2. The van der Waals surface area contributed by atoms with Gasteiger partial charge in [0, 0.05) is 11.8 Å². The van der Waals surface area contributed by atoms with Crippen molar-refractivity contribution in [1.82, 2.24) is 0 Å². The molecule has 0 aliphatic carbocycles. The Balaban J connectivity index is 2.13. The summed E-state index contributed by atoms with van der Waals surface area (Å²) in [5.41, 5.74) is 1.02. The van der Waals surface area contributed by atoms with Crippen LogP contribution in [0.5, 0.6) is 0 Å². The summed E-state index contributed by atoms with van der Waals surface area (Å²) < 4.78 is 26.6. The van der Waals surface area contributed by atoms with Crippen LogP contribution >= 0.6 is 0 Å². The number of hydrogen-bond acceptors (Lipinski definition) is 2. The molecule has 2 aromatic rings. The summed E-state index contributed by atoms with van der Waals surface area (Å²) in [6.45, 7) is 6.73. The van der Waals surface area contributed by atoms with Crippen molar-refractivity contribution in [3.63, 3.8) is 0 Å². The minimum Gasteiger partial charge on any atom is -0.325 e. The van der Waals surface area contributed by atoms with Gasteiger partial charge in [-0.3, -0.25) is 9.59 Å². The van der Waals surface area contributed by atoms with E-state index in [1.165, 1.54) is 13.8 Å². The highest BCUT2D eigenvalue weighted by molar-refractivity contribution is 6.14. The number of halogens is 2. The first-order valence-corrected chi connectivity index (χ1v) is 7.76. The zero-order valence-corrected chi connectivity index (χ0v) is 14.5. The molecule has 0 saturated carbocycles. The molecule has 0 aliphatic rings. The lowest BCUT2D eigenvalue weighted by Crippen LogP contribution is -2.41. The maximum atomic E-state index is 13.7. The van der Waals surface area contributed by atoms with E-state index < -0.39 is 28.9 Å². The van der Waals surface area contributed by atoms with Gasteiger partial charge in [-0.1, -0.05) is 6.07 Å². The van der Waals surface area contributed by atoms with E-state index in [0.717, 1.165) is 23.3 Å². The number of hydrogen-bond donors (Lipinski definition) is 2. The number of benzene rings is 2. The molecule has 6 heteroatoms. The minimum atomic E-state index is -1.46. The van der Waals surface area contributed by atoms with E-state index >= 15 is 0 Å². The van der Waals surface area contributed by atoms with E-state index in [2.05, 4.69) is 10.6 Å². The number of carbonyl (C=O) groups is 2. The smallest absolute Gasteiger partial charge is 0.239 e. The van der Waals surface area contributed by atoms with Crippen LogP contribution in [0.25, 0.3) is 0 Å². The first-order chi connectivity index (χ1) is 11.6. The highest BCUT2D eigenvalue weighted by atomic mass is 19.1. The molecular weight excluding hydrogens is 326 g/mol. The van der Waals surface area contributed by atoms with Crippen LogP contribution in [0, 0.1) is 30.9 Å². The van der Waals surface area contributed by atoms with Gasteiger partial charge in [0.05, 0.1) is 5.69 Å². The Labute approximate surface area is 145 Å². The molecular formula is C19H20F2N2O2. The molecule has 0 saturated heterocycles. The van der Waals surface area contributed by atoms with Crippen molar-refractivity contribution >= 4 is 23.2 Å². The molecule has 0 unspecified atom stereocenters. The average molecular weight is 346 g/mol. The van der Waals surface area contributed by atoms with Gasteiger partial charge in [0.2, 0.25) is 11.8 Å².